The molecule has 0 aliphatic carbocycles. The molecule has 1 saturated heterocycles. The maximum absolute atomic E-state index is 5.96. The maximum atomic E-state index is 5.96. The molecule has 0 bridgehead atoms. The molecule has 2 heterocycles. The first-order valence-electron chi connectivity index (χ1n) is 5.77. The average Bonchev–Trinajstić information content (AvgIpc) is 2.73. The van der Waals surface area contributed by atoms with Gasteiger partial charge in [0.2, 0.25) is 0 Å². The molecule has 0 spiro atoms. The van der Waals surface area contributed by atoms with Crippen molar-refractivity contribution < 1.29 is 4.42 Å². The topological polar surface area (TPSA) is 16.4 Å². The van der Waals surface area contributed by atoms with Crippen LogP contribution < -0.4 is 4.90 Å². The molecule has 84 valence electrons. The van der Waals surface area contributed by atoms with Crippen molar-refractivity contribution in [3.05, 3.63) is 29.3 Å². The van der Waals surface area contributed by atoms with Gasteiger partial charge in [0.05, 0.1) is 0 Å². The van der Waals surface area contributed by atoms with Crippen LogP contribution in [0.3, 0.4) is 0 Å². The Kier molecular flexibility index (Phi) is 2.52. The van der Waals surface area contributed by atoms with Gasteiger partial charge in [0, 0.05) is 29.6 Å². The van der Waals surface area contributed by atoms with Gasteiger partial charge >= 0.3 is 0 Å². The van der Waals surface area contributed by atoms with Crippen molar-refractivity contribution in [2.24, 2.45) is 0 Å². The van der Waals surface area contributed by atoms with Crippen LogP contribution in [0, 0.1) is 0 Å². The van der Waals surface area contributed by atoms with Gasteiger partial charge in [-0.15, -0.1) is 0 Å². The number of hydrogen-bond donors (Lipinski definition) is 0. The van der Waals surface area contributed by atoms with Crippen molar-refractivity contribution in [2.45, 2.75) is 19.3 Å². The molecule has 16 heavy (non-hydrogen) atoms. The summed E-state index contributed by atoms with van der Waals surface area (Å²) in [5.41, 5.74) is 0.921. The monoisotopic (exact) mass is 235 g/mol. The molecule has 1 aromatic heterocycles. The van der Waals surface area contributed by atoms with Gasteiger partial charge in [-0.05, 0) is 37.5 Å². The first-order valence-corrected chi connectivity index (χ1v) is 6.15. The fourth-order valence-corrected chi connectivity index (χ4v) is 2.45. The second-order valence-corrected chi connectivity index (χ2v) is 4.75. The highest BCUT2D eigenvalue weighted by Gasteiger charge is 2.14. The lowest BCUT2D eigenvalue weighted by Gasteiger charge is -2.25. The van der Waals surface area contributed by atoms with Crippen LogP contribution >= 0.6 is 11.6 Å². The summed E-state index contributed by atoms with van der Waals surface area (Å²) >= 11 is 5.96. The summed E-state index contributed by atoms with van der Waals surface area (Å²) in [4.78, 5) is 2.32. The van der Waals surface area contributed by atoms with E-state index in [1.165, 1.54) is 19.3 Å². The van der Waals surface area contributed by atoms with Crippen LogP contribution in [0.2, 0.25) is 5.02 Å². The average molecular weight is 236 g/mol. The number of fused-ring (bicyclic) bond motifs is 1. The van der Waals surface area contributed by atoms with Gasteiger partial charge in [0.25, 0.3) is 0 Å². The van der Waals surface area contributed by atoms with E-state index >= 15 is 0 Å². The molecular formula is C13H14ClNO. The van der Waals surface area contributed by atoms with E-state index in [0.29, 0.717) is 0 Å². The number of halogens is 1. The summed E-state index contributed by atoms with van der Waals surface area (Å²) in [6.07, 6.45) is 3.86. The van der Waals surface area contributed by atoms with E-state index in [9.17, 15) is 0 Å². The molecule has 1 aromatic carbocycles. The number of rotatable bonds is 1. The van der Waals surface area contributed by atoms with Gasteiger partial charge in [-0.3, -0.25) is 0 Å². The Morgan fingerprint density at radius 2 is 1.88 bits per heavy atom. The first-order chi connectivity index (χ1) is 7.83. The molecule has 0 atom stereocenters. The number of nitrogens with zero attached hydrogens (tertiary/aromatic N) is 1. The summed E-state index contributed by atoms with van der Waals surface area (Å²) in [7, 11) is 0. The Hall–Kier alpha value is -1.15. The maximum Gasteiger partial charge on any atom is 0.196 e. The van der Waals surface area contributed by atoms with Crippen LogP contribution in [0.5, 0.6) is 0 Å². The number of piperidine rings is 1. The van der Waals surface area contributed by atoms with Crippen LogP contribution in [0.4, 0.5) is 5.88 Å². The van der Waals surface area contributed by atoms with E-state index in [2.05, 4.69) is 11.0 Å². The van der Waals surface area contributed by atoms with E-state index in [1.54, 1.807) is 0 Å². The van der Waals surface area contributed by atoms with E-state index in [4.69, 9.17) is 16.0 Å². The lowest BCUT2D eigenvalue weighted by molar-refractivity contribution is 0.518. The summed E-state index contributed by atoms with van der Waals surface area (Å²) in [5.74, 6) is 0.983. The molecule has 2 nitrogen and oxygen atoms in total. The van der Waals surface area contributed by atoms with Crippen molar-refractivity contribution in [2.75, 3.05) is 18.0 Å². The largest absolute Gasteiger partial charge is 0.441 e. The van der Waals surface area contributed by atoms with Crippen LogP contribution in [0.25, 0.3) is 11.0 Å². The number of anilines is 1. The van der Waals surface area contributed by atoms with E-state index < -0.39 is 0 Å². The third-order valence-corrected chi connectivity index (χ3v) is 3.37. The third-order valence-electron chi connectivity index (χ3n) is 3.13. The van der Waals surface area contributed by atoms with Crippen LogP contribution in [-0.2, 0) is 0 Å². The molecule has 0 amide bonds. The molecule has 3 heteroatoms. The predicted octanol–water partition coefficient (Wildman–Crippen LogP) is 4.08. The zero-order valence-electron chi connectivity index (χ0n) is 9.08. The minimum absolute atomic E-state index is 0.762. The van der Waals surface area contributed by atoms with Crippen LogP contribution in [0.1, 0.15) is 19.3 Å². The normalized spacial score (nSPS) is 16.9. The van der Waals surface area contributed by atoms with Crippen molar-refractivity contribution >= 4 is 28.5 Å². The molecular weight excluding hydrogens is 222 g/mol. The molecule has 2 aromatic rings. The molecule has 0 unspecified atom stereocenters. The van der Waals surface area contributed by atoms with E-state index in [0.717, 1.165) is 35.0 Å². The van der Waals surface area contributed by atoms with Crippen molar-refractivity contribution in [1.29, 1.82) is 0 Å². The fourth-order valence-electron chi connectivity index (χ4n) is 2.27. The highest BCUT2D eigenvalue weighted by Crippen LogP contribution is 2.29. The number of hydrogen-bond acceptors (Lipinski definition) is 2. The van der Waals surface area contributed by atoms with Gasteiger partial charge in [-0.25, -0.2) is 0 Å². The number of furan rings is 1. The number of benzene rings is 1. The van der Waals surface area contributed by atoms with E-state index in [-0.39, 0.29) is 0 Å². The lowest BCUT2D eigenvalue weighted by Crippen LogP contribution is -2.28. The summed E-state index contributed by atoms with van der Waals surface area (Å²) in [5, 5.41) is 1.85. The molecule has 1 fully saturated rings. The minimum atomic E-state index is 0.762. The first kappa shape index (κ1) is 10.0. The van der Waals surface area contributed by atoms with Crippen molar-refractivity contribution in [1.82, 2.24) is 0 Å². The van der Waals surface area contributed by atoms with Crippen LogP contribution in [0.15, 0.2) is 28.7 Å². The van der Waals surface area contributed by atoms with Gasteiger partial charge in [-0.1, -0.05) is 11.6 Å². The fraction of sp³-hybridized carbons (Fsp3) is 0.385. The Labute approximate surface area is 99.8 Å². The Bertz CT molecular complexity index is 500. The molecule has 3 rings (SSSR count). The van der Waals surface area contributed by atoms with Gasteiger partial charge in [0.1, 0.15) is 5.58 Å². The lowest BCUT2D eigenvalue weighted by atomic mass is 10.1. The zero-order chi connectivity index (χ0) is 11.0. The van der Waals surface area contributed by atoms with Gasteiger partial charge in [-0.2, -0.15) is 0 Å². The predicted molar refractivity (Wildman–Crippen MR) is 67.3 cm³/mol. The second-order valence-electron chi connectivity index (χ2n) is 4.31. The Balaban J connectivity index is 1.97. The van der Waals surface area contributed by atoms with Crippen molar-refractivity contribution in [3.8, 4) is 0 Å². The summed E-state index contributed by atoms with van der Waals surface area (Å²) in [6.45, 7) is 2.21. The molecule has 1 aliphatic heterocycles. The molecule has 0 N–H and O–H groups in total. The van der Waals surface area contributed by atoms with Crippen molar-refractivity contribution in [3.63, 3.8) is 0 Å². The SMILES string of the molecule is Clc1ccc2oc(N3CCCCC3)cc2c1. The zero-order valence-corrected chi connectivity index (χ0v) is 9.83. The summed E-state index contributed by atoms with van der Waals surface area (Å²) in [6, 6.07) is 7.85. The molecule has 0 radical (unpaired) electrons. The van der Waals surface area contributed by atoms with Gasteiger partial charge < -0.3 is 9.32 Å². The standard InChI is InChI=1S/C13H14ClNO/c14-11-4-5-12-10(8-11)9-13(16-12)15-6-2-1-3-7-15/h4-5,8-9H,1-3,6-7H2. The van der Waals surface area contributed by atoms with Gasteiger partial charge in [0.15, 0.2) is 5.88 Å². The highest BCUT2D eigenvalue weighted by atomic mass is 35.5. The molecule has 0 saturated carbocycles. The highest BCUT2D eigenvalue weighted by molar-refractivity contribution is 6.31. The second kappa shape index (κ2) is 4.02. The minimum Gasteiger partial charge on any atom is -0.441 e. The third kappa shape index (κ3) is 1.78. The molecule has 1 aliphatic rings. The quantitative estimate of drug-likeness (QED) is 0.741. The Morgan fingerprint density at radius 3 is 2.69 bits per heavy atom. The smallest absolute Gasteiger partial charge is 0.196 e. The van der Waals surface area contributed by atoms with Crippen LogP contribution in [-0.4, -0.2) is 13.1 Å². The summed E-state index contributed by atoms with van der Waals surface area (Å²) < 4.78 is 5.83. The Morgan fingerprint density at radius 1 is 1.06 bits per heavy atom. The van der Waals surface area contributed by atoms with E-state index in [1.807, 2.05) is 18.2 Å².